The smallest absolute Gasteiger partial charge is 0.152 e. The van der Waals surface area contributed by atoms with E-state index < -0.39 is 0 Å². The molecule has 0 unspecified atom stereocenters. The van der Waals surface area contributed by atoms with Gasteiger partial charge in [-0.1, -0.05) is 12.1 Å². The number of aromatic nitrogens is 5. The maximum Gasteiger partial charge on any atom is 0.152 e. The number of aryl methyl sites for hydroxylation is 1. The van der Waals surface area contributed by atoms with Crippen LogP contribution in [0.3, 0.4) is 0 Å². The number of hydrogen-bond acceptors (Lipinski definition) is 5. The monoisotopic (exact) mass is 324 g/mol. The number of anilines is 1. The summed E-state index contributed by atoms with van der Waals surface area (Å²) in [6.07, 6.45) is 4.09. The SMILES string of the molecule is Cc1cncc(N2CCn3c(Cc4cccc(F)c4)nnc3C2)n1. The highest BCUT2D eigenvalue weighted by atomic mass is 19.1. The highest BCUT2D eigenvalue weighted by Crippen LogP contribution is 2.20. The standard InChI is InChI=1S/C17H17FN6/c1-12-9-19-10-16(20-12)23-5-6-24-15(21-22-17(24)11-23)8-13-3-2-4-14(18)7-13/h2-4,7,9-10H,5-6,8,11H2,1H3. The molecule has 0 aliphatic carbocycles. The van der Waals surface area contributed by atoms with E-state index in [4.69, 9.17) is 0 Å². The molecular formula is C17H17FN6. The molecule has 0 bridgehead atoms. The van der Waals surface area contributed by atoms with Crippen molar-refractivity contribution in [1.82, 2.24) is 24.7 Å². The Kier molecular flexibility index (Phi) is 3.68. The summed E-state index contributed by atoms with van der Waals surface area (Å²) in [6, 6.07) is 6.61. The molecule has 1 aliphatic heterocycles. The zero-order chi connectivity index (χ0) is 16.5. The van der Waals surface area contributed by atoms with Gasteiger partial charge in [0.1, 0.15) is 17.5 Å². The van der Waals surface area contributed by atoms with Gasteiger partial charge >= 0.3 is 0 Å². The third-order valence-corrected chi connectivity index (χ3v) is 4.15. The van der Waals surface area contributed by atoms with E-state index in [1.165, 1.54) is 6.07 Å². The Bertz CT molecular complexity index is 875. The van der Waals surface area contributed by atoms with Crippen LogP contribution in [-0.2, 0) is 19.5 Å². The third kappa shape index (κ3) is 2.84. The zero-order valence-electron chi connectivity index (χ0n) is 13.4. The van der Waals surface area contributed by atoms with E-state index >= 15 is 0 Å². The van der Waals surface area contributed by atoms with Gasteiger partial charge in [0.15, 0.2) is 5.82 Å². The van der Waals surface area contributed by atoms with Crippen LogP contribution < -0.4 is 4.90 Å². The van der Waals surface area contributed by atoms with Crippen molar-refractivity contribution in [3.8, 4) is 0 Å². The second kappa shape index (κ2) is 5.99. The highest BCUT2D eigenvalue weighted by molar-refractivity contribution is 5.37. The number of rotatable bonds is 3. The summed E-state index contributed by atoms with van der Waals surface area (Å²) in [5.74, 6) is 2.40. The number of halogens is 1. The molecule has 1 aliphatic rings. The molecule has 7 heteroatoms. The van der Waals surface area contributed by atoms with Crippen LogP contribution in [0.4, 0.5) is 10.2 Å². The van der Waals surface area contributed by atoms with Crippen molar-refractivity contribution in [1.29, 1.82) is 0 Å². The van der Waals surface area contributed by atoms with Gasteiger partial charge in [-0.3, -0.25) is 4.98 Å². The average Bonchev–Trinajstić information content (AvgIpc) is 2.97. The van der Waals surface area contributed by atoms with Gasteiger partial charge < -0.3 is 9.47 Å². The molecular weight excluding hydrogens is 307 g/mol. The maximum atomic E-state index is 13.3. The number of benzene rings is 1. The normalized spacial score (nSPS) is 13.8. The Labute approximate surface area is 139 Å². The van der Waals surface area contributed by atoms with Gasteiger partial charge in [0.2, 0.25) is 0 Å². The molecule has 0 saturated carbocycles. The lowest BCUT2D eigenvalue weighted by molar-refractivity contribution is 0.542. The fourth-order valence-electron chi connectivity index (χ4n) is 2.98. The molecule has 0 fully saturated rings. The van der Waals surface area contributed by atoms with Crippen LogP contribution in [0.1, 0.15) is 22.9 Å². The van der Waals surface area contributed by atoms with Crippen LogP contribution in [0.15, 0.2) is 36.7 Å². The minimum absolute atomic E-state index is 0.227. The number of hydrogen-bond donors (Lipinski definition) is 0. The summed E-state index contributed by atoms with van der Waals surface area (Å²) < 4.78 is 15.5. The summed E-state index contributed by atoms with van der Waals surface area (Å²) in [7, 11) is 0. The van der Waals surface area contributed by atoms with Gasteiger partial charge in [0, 0.05) is 25.7 Å². The van der Waals surface area contributed by atoms with Gasteiger partial charge in [-0.2, -0.15) is 0 Å². The van der Waals surface area contributed by atoms with E-state index in [1.807, 2.05) is 13.0 Å². The largest absolute Gasteiger partial charge is 0.346 e. The fourth-order valence-corrected chi connectivity index (χ4v) is 2.98. The van der Waals surface area contributed by atoms with E-state index in [2.05, 4.69) is 29.6 Å². The summed E-state index contributed by atoms with van der Waals surface area (Å²) in [6.45, 7) is 4.18. The van der Waals surface area contributed by atoms with E-state index in [0.29, 0.717) is 13.0 Å². The molecule has 0 saturated heterocycles. The molecule has 0 atom stereocenters. The minimum Gasteiger partial charge on any atom is -0.346 e. The first-order valence-electron chi connectivity index (χ1n) is 7.88. The van der Waals surface area contributed by atoms with Crippen molar-refractivity contribution in [3.63, 3.8) is 0 Å². The second-order valence-electron chi connectivity index (χ2n) is 5.93. The van der Waals surface area contributed by atoms with E-state index in [9.17, 15) is 4.39 Å². The summed E-state index contributed by atoms with van der Waals surface area (Å²) in [4.78, 5) is 10.9. The molecule has 24 heavy (non-hydrogen) atoms. The Morgan fingerprint density at radius 3 is 2.92 bits per heavy atom. The molecule has 6 nitrogen and oxygen atoms in total. The maximum absolute atomic E-state index is 13.3. The first kappa shape index (κ1) is 14.7. The van der Waals surface area contributed by atoms with Gasteiger partial charge in [-0.05, 0) is 24.6 Å². The van der Waals surface area contributed by atoms with E-state index in [-0.39, 0.29) is 5.82 Å². The molecule has 3 heterocycles. The van der Waals surface area contributed by atoms with Crippen LogP contribution in [0.2, 0.25) is 0 Å². The van der Waals surface area contributed by atoms with Crippen LogP contribution in [0.5, 0.6) is 0 Å². The van der Waals surface area contributed by atoms with Gasteiger partial charge in [0.05, 0.1) is 18.4 Å². The number of nitrogens with zero attached hydrogens (tertiary/aromatic N) is 6. The highest BCUT2D eigenvalue weighted by Gasteiger charge is 2.22. The first-order chi connectivity index (χ1) is 11.7. The molecule has 2 aromatic heterocycles. The number of fused-ring (bicyclic) bond motifs is 1. The van der Waals surface area contributed by atoms with Crippen LogP contribution >= 0.6 is 0 Å². The lowest BCUT2D eigenvalue weighted by Gasteiger charge is -2.28. The predicted octanol–water partition coefficient (Wildman–Crippen LogP) is 2.13. The second-order valence-corrected chi connectivity index (χ2v) is 5.93. The topological polar surface area (TPSA) is 59.7 Å². The quantitative estimate of drug-likeness (QED) is 0.739. The summed E-state index contributed by atoms with van der Waals surface area (Å²) in [5, 5.41) is 8.60. The molecule has 0 amide bonds. The average molecular weight is 324 g/mol. The van der Waals surface area contributed by atoms with Crippen LogP contribution in [0.25, 0.3) is 0 Å². The van der Waals surface area contributed by atoms with Crippen molar-refractivity contribution in [2.24, 2.45) is 0 Å². The fraction of sp³-hybridized carbons (Fsp3) is 0.294. The van der Waals surface area contributed by atoms with Crippen LogP contribution in [-0.4, -0.2) is 31.3 Å². The lowest BCUT2D eigenvalue weighted by atomic mass is 10.1. The molecule has 0 radical (unpaired) electrons. The Hall–Kier alpha value is -2.83. The lowest BCUT2D eigenvalue weighted by Crippen LogP contribution is -2.35. The summed E-state index contributed by atoms with van der Waals surface area (Å²) >= 11 is 0. The molecule has 4 rings (SSSR count). The van der Waals surface area contributed by atoms with Crippen molar-refractivity contribution in [2.45, 2.75) is 26.4 Å². The van der Waals surface area contributed by atoms with Crippen molar-refractivity contribution in [3.05, 3.63) is 65.4 Å². The molecule has 0 spiro atoms. The molecule has 3 aromatic rings. The Morgan fingerprint density at radius 1 is 1.17 bits per heavy atom. The van der Waals surface area contributed by atoms with Gasteiger partial charge in [-0.25, -0.2) is 9.37 Å². The predicted molar refractivity (Wildman–Crippen MR) is 87.0 cm³/mol. The van der Waals surface area contributed by atoms with Crippen molar-refractivity contribution in [2.75, 3.05) is 11.4 Å². The van der Waals surface area contributed by atoms with Crippen LogP contribution in [0, 0.1) is 12.7 Å². The van der Waals surface area contributed by atoms with Gasteiger partial charge in [0.25, 0.3) is 0 Å². The minimum atomic E-state index is -0.227. The third-order valence-electron chi connectivity index (χ3n) is 4.15. The molecule has 0 N–H and O–H groups in total. The van der Waals surface area contributed by atoms with E-state index in [1.54, 1.807) is 24.5 Å². The molecule has 1 aromatic carbocycles. The van der Waals surface area contributed by atoms with Crippen molar-refractivity contribution < 1.29 is 4.39 Å². The Balaban J connectivity index is 1.55. The summed E-state index contributed by atoms with van der Waals surface area (Å²) in [5.41, 5.74) is 1.79. The molecule has 122 valence electrons. The van der Waals surface area contributed by atoms with Gasteiger partial charge in [-0.15, -0.1) is 10.2 Å². The zero-order valence-corrected chi connectivity index (χ0v) is 13.4. The van der Waals surface area contributed by atoms with E-state index in [0.717, 1.165) is 41.8 Å². The first-order valence-corrected chi connectivity index (χ1v) is 7.88. The van der Waals surface area contributed by atoms with Crippen molar-refractivity contribution >= 4 is 5.82 Å². The Morgan fingerprint density at radius 2 is 2.08 bits per heavy atom.